The number of carbonyl (C=O) groups excluding carboxylic acids is 1. The number of rotatable bonds is 7. The Morgan fingerprint density at radius 3 is 2.39 bits per heavy atom. The van der Waals surface area contributed by atoms with Gasteiger partial charge in [0.2, 0.25) is 5.91 Å². The number of benzene rings is 2. The molecule has 0 fully saturated rings. The predicted octanol–water partition coefficient (Wildman–Crippen LogP) is 4.30. The van der Waals surface area contributed by atoms with E-state index >= 15 is 0 Å². The number of nitrogens with one attached hydrogen (secondary N) is 1. The van der Waals surface area contributed by atoms with Crippen molar-refractivity contribution in [3.05, 3.63) is 48.0 Å². The fourth-order valence-corrected chi connectivity index (χ4v) is 3.59. The second-order valence-corrected chi connectivity index (χ2v) is 7.01. The van der Waals surface area contributed by atoms with Crippen LogP contribution in [0.3, 0.4) is 0 Å². The van der Waals surface area contributed by atoms with Crippen LogP contribution >= 0.6 is 11.8 Å². The standard InChI is InChI=1S/C21H22N2O4S/c1-13-9-14-10-18(26-3)19(27-4)11-16(14)23-21(13)28-12-20(24)22-15-7-5-6-8-17(15)25-2/h5-11H,12H2,1-4H3,(H,22,24). The van der Waals surface area contributed by atoms with Crippen molar-refractivity contribution in [1.82, 2.24) is 4.98 Å². The van der Waals surface area contributed by atoms with Gasteiger partial charge in [0.15, 0.2) is 11.5 Å². The number of amides is 1. The number of nitrogens with zero attached hydrogens (tertiary/aromatic N) is 1. The molecule has 0 radical (unpaired) electrons. The predicted molar refractivity (Wildman–Crippen MR) is 112 cm³/mol. The van der Waals surface area contributed by atoms with Crippen molar-refractivity contribution in [3.8, 4) is 17.2 Å². The van der Waals surface area contributed by atoms with Crippen LogP contribution in [0.2, 0.25) is 0 Å². The number of para-hydroxylation sites is 2. The van der Waals surface area contributed by atoms with Gasteiger partial charge in [0.05, 0.1) is 38.3 Å². The summed E-state index contributed by atoms with van der Waals surface area (Å²) in [6, 6.07) is 13.1. The third-order valence-electron chi connectivity index (χ3n) is 4.19. The molecule has 7 heteroatoms. The summed E-state index contributed by atoms with van der Waals surface area (Å²) in [5.74, 6) is 2.03. The SMILES string of the molecule is COc1ccccc1NC(=O)CSc1nc2cc(OC)c(OC)cc2cc1C. The maximum Gasteiger partial charge on any atom is 0.234 e. The lowest BCUT2D eigenvalue weighted by Crippen LogP contribution is -2.14. The third-order valence-corrected chi connectivity index (χ3v) is 5.28. The number of thioether (sulfide) groups is 1. The lowest BCUT2D eigenvalue weighted by atomic mass is 10.1. The van der Waals surface area contributed by atoms with Crippen LogP contribution in [0.25, 0.3) is 10.9 Å². The Kier molecular flexibility index (Phi) is 6.26. The summed E-state index contributed by atoms with van der Waals surface area (Å²) in [5.41, 5.74) is 2.43. The van der Waals surface area contributed by atoms with Crippen LogP contribution in [0.4, 0.5) is 5.69 Å². The molecule has 0 spiro atoms. The van der Waals surface area contributed by atoms with Crippen molar-refractivity contribution >= 4 is 34.3 Å². The topological polar surface area (TPSA) is 69.7 Å². The van der Waals surface area contributed by atoms with Crippen LogP contribution < -0.4 is 19.5 Å². The van der Waals surface area contributed by atoms with Crippen LogP contribution in [0.1, 0.15) is 5.56 Å². The number of anilines is 1. The fourth-order valence-electron chi connectivity index (χ4n) is 2.80. The number of hydrogen-bond acceptors (Lipinski definition) is 6. The Labute approximate surface area is 168 Å². The smallest absolute Gasteiger partial charge is 0.234 e. The van der Waals surface area contributed by atoms with Gasteiger partial charge in [-0.05, 0) is 36.8 Å². The molecule has 6 nitrogen and oxygen atoms in total. The van der Waals surface area contributed by atoms with Crippen molar-refractivity contribution in [2.75, 3.05) is 32.4 Å². The molecule has 0 saturated carbocycles. The second-order valence-electron chi connectivity index (χ2n) is 6.05. The Balaban J connectivity index is 1.76. The molecule has 0 atom stereocenters. The van der Waals surface area contributed by atoms with E-state index in [1.54, 1.807) is 33.5 Å². The van der Waals surface area contributed by atoms with Crippen molar-refractivity contribution in [3.63, 3.8) is 0 Å². The highest BCUT2D eigenvalue weighted by atomic mass is 32.2. The molecule has 0 aliphatic heterocycles. The highest BCUT2D eigenvalue weighted by Crippen LogP contribution is 2.33. The quantitative estimate of drug-likeness (QED) is 0.599. The zero-order chi connectivity index (χ0) is 20.1. The maximum atomic E-state index is 12.4. The van der Waals surface area contributed by atoms with E-state index in [9.17, 15) is 4.79 Å². The van der Waals surface area contributed by atoms with Crippen molar-refractivity contribution in [1.29, 1.82) is 0 Å². The number of aryl methyl sites for hydroxylation is 1. The van der Waals surface area contributed by atoms with Gasteiger partial charge in [-0.2, -0.15) is 0 Å². The van der Waals surface area contributed by atoms with E-state index < -0.39 is 0 Å². The minimum atomic E-state index is -0.122. The van der Waals surface area contributed by atoms with E-state index in [2.05, 4.69) is 5.32 Å². The Hall–Kier alpha value is -2.93. The number of hydrogen-bond donors (Lipinski definition) is 1. The first kappa shape index (κ1) is 19.8. The van der Waals surface area contributed by atoms with Crippen LogP contribution in [0.15, 0.2) is 47.5 Å². The fraction of sp³-hybridized carbons (Fsp3) is 0.238. The van der Waals surface area contributed by atoms with Gasteiger partial charge in [0.1, 0.15) is 10.8 Å². The van der Waals surface area contributed by atoms with Gasteiger partial charge in [-0.1, -0.05) is 23.9 Å². The van der Waals surface area contributed by atoms with Gasteiger partial charge in [0.25, 0.3) is 0 Å². The molecule has 0 unspecified atom stereocenters. The molecule has 3 rings (SSSR count). The normalized spacial score (nSPS) is 10.6. The molecular formula is C21H22N2O4S. The van der Waals surface area contributed by atoms with E-state index in [-0.39, 0.29) is 11.7 Å². The molecule has 0 bridgehead atoms. The number of ether oxygens (including phenoxy) is 3. The number of carbonyl (C=O) groups is 1. The van der Waals surface area contributed by atoms with Crippen LogP contribution in [0, 0.1) is 6.92 Å². The van der Waals surface area contributed by atoms with Gasteiger partial charge in [-0.25, -0.2) is 4.98 Å². The molecule has 1 N–H and O–H groups in total. The molecule has 2 aromatic carbocycles. The summed E-state index contributed by atoms with van der Waals surface area (Å²) < 4.78 is 16.0. The van der Waals surface area contributed by atoms with Crippen LogP contribution in [-0.4, -0.2) is 38.0 Å². The van der Waals surface area contributed by atoms with Gasteiger partial charge in [-0.15, -0.1) is 0 Å². The van der Waals surface area contributed by atoms with E-state index in [1.165, 1.54) is 11.8 Å². The molecule has 28 heavy (non-hydrogen) atoms. The van der Waals surface area contributed by atoms with Gasteiger partial charge in [-0.3, -0.25) is 4.79 Å². The highest BCUT2D eigenvalue weighted by molar-refractivity contribution is 8.00. The van der Waals surface area contributed by atoms with Gasteiger partial charge < -0.3 is 19.5 Å². The van der Waals surface area contributed by atoms with E-state index in [4.69, 9.17) is 19.2 Å². The summed E-state index contributed by atoms with van der Waals surface area (Å²) in [5, 5.41) is 4.63. The zero-order valence-electron chi connectivity index (χ0n) is 16.2. The summed E-state index contributed by atoms with van der Waals surface area (Å²) in [6.07, 6.45) is 0. The Morgan fingerprint density at radius 2 is 1.68 bits per heavy atom. The van der Waals surface area contributed by atoms with E-state index in [0.717, 1.165) is 21.5 Å². The summed E-state index contributed by atoms with van der Waals surface area (Å²) in [7, 11) is 4.77. The molecular weight excluding hydrogens is 376 g/mol. The van der Waals surface area contributed by atoms with Crippen molar-refractivity contribution in [2.24, 2.45) is 0 Å². The molecule has 0 aliphatic carbocycles. The lowest BCUT2D eigenvalue weighted by Gasteiger charge is -2.12. The first-order valence-corrected chi connectivity index (χ1v) is 9.63. The molecule has 146 valence electrons. The van der Waals surface area contributed by atoms with E-state index in [1.807, 2.05) is 37.3 Å². The van der Waals surface area contributed by atoms with Crippen LogP contribution in [0.5, 0.6) is 17.2 Å². The van der Waals surface area contributed by atoms with Gasteiger partial charge in [0, 0.05) is 11.5 Å². The Bertz CT molecular complexity index is 1010. The molecule has 1 aromatic heterocycles. The van der Waals surface area contributed by atoms with Gasteiger partial charge >= 0.3 is 0 Å². The first-order chi connectivity index (χ1) is 13.5. The monoisotopic (exact) mass is 398 g/mol. The summed E-state index contributed by atoms with van der Waals surface area (Å²) >= 11 is 1.39. The van der Waals surface area contributed by atoms with E-state index in [0.29, 0.717) is 22.9 Å². The average Bonchev–Trinajstić information content (AvgIpc) is 2.71. The highest BCUT2D eigenvalue weighted by Gasteiger charge is 2.12. The molecule has 0 aliphatic rings. The lowest BCUT2D eigenvalue weighted by molar-refractivity contribution is -0.113. The van der Waals surface area contributed by atoms with Crippen molar-refractivity contribution in [2.45, 2.75) is 11.9 Å². The van der Waals surface area contributed by atoms with Crippen molar-refractivity contribution < 1.29 is 19.0 Å². The molecule has 1 amide bonds. The minimum absolute atomic E-state index is 0.122. The number of aromatic nitrogens is 1. The zero-order valence-corrected chi connectivity index (χ0v) is 17.1. The summed E-state index contributed by atoms with van der Waals surface area (Å²) in [6.45, 7) is 1.98. The molecule has 3 aromatic rings. The second kappa shape index (κ2) is 8.84. The number of methoxy groups -OCH3 is 3. The average molecular weight is 398 g/mol. The Morgan fingerprint density at radius 1 is 1.00 bits per heavy atom. The van der Waals surface area contributed by atoms with Crippen LogP contribution in [-0.2, 0) is 4.79 Å². The molecule has 1 heterocycles. The number of pyridine rings is 1. The third kappa shape index (κ3) is 4.31. The summed E-state index contributed by atoms with van der Waals surface area (Å²) in [4.78, 5) is 17.1. The first-order valence-electron chi connectivity index (χ1n) is 8.64. The largest absolute Gasteiger partial charge is 0.495 e. The minimum Gasteiger partial charge on any atom is -0.495 e. The molecule has 0 saturated heterocycles. The number of fused-ring (bicyclic) bond motifs is 1. The maximum absolute atomic E-state index is 12.4.